The van der Waals surface area contributed by atoms with Crippen LogP contribution in [-0.2, 0) is 0 Å². The van der Waals surface area contributed by atoms with Gasteiger partial charge in [-0.05, 0) is 49.5 Å². The fourth-order valence-electron chi connectivity index (χ4n) is 4.70. The quantitative estimate of drug-likeness (QED) is 0.614. The van der Waals surface area contributed by atoms with Crippen LogP contribution in [0.25, 0.3) is 0 Å². The standard InChI is InChI=1S/C21H26ClN7S/c22-16-14(4-8-26-18(16)24)30-20-19(25)28-15(11-27-20)29-9-6-21(7-10-29)5-3-13(17(21)23)12-1-2-12/h3-4,8,11-12,17H,1-2,5-7,9-10,23H2,(H2,24,26)(H2,25,28). The second-order valence-electron chi connectivity index (χ2n) is 8.54. The number of nitrogens with zero attached hydrogens (tertiary/aromatic N) is 4. The topological polar surface area (TPSA) is 120 Å². The van der Waals surface area contributed by atoms with Crippen molar-refractivity contribution in [2.24, 2.45) is 17.1 Å². The molecule has 30 heavy (non-hydrogen) atoms. The minimum atomic E-state index is 0.222. The van der Waals surface area contributed by atoms with Crippen LogP contribution in [0.5, 0.6) is 0 Å². The molecule has 1 saturated carbocycles. The first kappa shape index (κ1) is 19.9. The first-order valence-electron chi connectivity index (χ1n) is 10.4. The molecule has 0 bridgehead atoms. The summed E-state index contributed by atoms with van der Waals surface area (Å²) in [5.41, 5.74) is 20.4. The highest BCUT2D eigenvalue weighted by molar-refractivity contribution is 7.99. The van der Waals surface area contributed by atoms with Crippen molar-refractivity contribution in [1.29, 1.82) is 0 Å². The lowest BCUT2D eigenvalue weighted by Crippen LogP contribution is -2.48. The molecule has 1 saturated heterocycles. The molecule has 9 heteroatoms. The van der Waals surface area contributed by atoms with Crippen molar-refractivity contribution in [2.75, 3.05) is 29.5 Å². The van der Waals surface area contributed by atoms with E-state index in [1.807, 2.05) is 0 Å². The normalized spacial score (nSPS) is 23.1. The fourth-order valence-corrected chi connectivity index (χ4v) is 5.71. The number of hydrogen-bond acceptors (Lipinski definition) is 8. The number of rotatable bonds is 4. The zero-order valence-electron chi connectivity index (χ0n) is 16.7. The Morgan fingerprint density at radius 3 is 2.60 bits per heavy atom. The number of aromatic nitrogens is 3. The Morgan fingerprint density at radius 2 is 1.90 bits per heavy atom. The van der Waals surface area contributed by atoms with Crippen molar-refractivity contribution in [3.05, 3.63) is 35.1 Å². The zero-order chi connectivity index (χ0) is 20.9. The van der Waals surface area contributed by atoms with Gasteiger partial charge in [-0.25, -0.2) is 15.0 Å². The van der Waals surface area contributed by atoms with Crippen LogP contribution in [0.15, 0.2) is 40.0 Å². The average Bonchev–Trinajstić information content (AvgIpc) is 3.54. The molecule has 5 rings (SSSR count). The lowest BCUT2D eigenvalue weighted by molar-refractivity contribution is 0.203. The van der Waals surface area contributed by atoms with Gasteiger partial charge in [-0.1, -0.05) is 35.0 Å². The SMILES string of the molecule is Nc1nc(N2CCC3(CC=C(C4CC4)C3N)CC2)cnc1Sc1ccnc(N)c1Cl. The van der Waals surface area contributed by atoms with E-state index in [2.05, 4.69) is 25.9 Å². The van der Waals surface area contributed by atoms with Gasteiger partial charge in [0.1, 0.15) is 16.7 Å². The number of allylic oxidation sites excluding steroid dienone is 1. The van der Waals surface area contributed by atoms with E-state index in [-0.39, 0.29) is 17.3 Å². The van der Waals surface area contributed by atoms with E-state index in [9.17, 15) is 0 Å². The molecular formula is C21H26ClN7S. The van der Waals surface area contributed by atoms with Gasteiger partial charge in [0.2, 0.25) is 0 Å². The zero-order valence-corrected chi connectivity index (χ0v) is 18.3. The van der Waals surface area contributed by atoms with Crippen LogP contribution in [0.3, 0.4) is 0 Å². The van der Waals surface area contributed by atoms with Crippen molar-refractivity contribution >= 4 is 40.8 Å². The Hall–Kier alpha value is -2.03. The Kier molecular flexibility index (Phi) is 5.03. The Balaban J connectivity index is 1.26. The Bertz CT molecular complexity index is 999. The number of pyridine rings is 1. The predicted octanol–water partition coefficient (Wildman–Crippen LogP) is 3.49. The lowest BCUT2D eigenvalue weighted by atomic mass is 9.72. The first-order chi connectivity index (χ1) is 14.5. The third-order valence-corrected chi connectivity index (χ3v) is 8.31. The molecular weight excluding hydrogens is 418 g/mol. The molecule has 7 nitrogen and oxygen atoms in total. The van der Waals surface area contributed by atoms with E-state index < -0.39 is 0 Å². The van der Waals surface area contributed by atoms with Crippen LogP contribution in [0.2, 0.25) is 5.02 Å². The fraction of sp³-hybridized carbons (Fsp3) is 0.476. The molecule has 2 aromatic rings. The molecule has 2 aromatic heterocycles. The molecule has 3 aliphatic rings. The smallest absolute Gasteiger partial charge is 0.158 e. The van der Waals surface area contributed by atoms with Crippen LogP contribution >= 0.6 is 23.4 Å². The highest BCUT2D eigenvalue weighted by Crippen LogP contribution is 2.51. The number of nitrogens with two attached hydrogens (primary N) is 3. The van der Waals surface area contributed by atoms with Gasteiger partial charge >= 0.3 is 0 Å². The second kappa shape index (κ2) is 7.59. The summed E-state index contributed by atoms with van der Waals surface area (Å²) >= 11 is 7.58. The Labute approximate surface area is 185 Å². The minimum Gasteiger partial charge on any atom is -0.382 e. The summed E-state index contributed by atoms with van der Waals surface area (Å²) in [6.45, 7) is 1.85. The van der Waals surface area contributed by atoms with Gasteiger partial charge in [-0.15, -0.1) is 0 Å². The molecule has 1 spiro atoms. The molecule has 2 aliphatic carbocycles. The molecule has 1 aliphatic heterocycles. The van der Waals surface area contributed by atoms with E-state index in [0.29, 0.717) is 15.9 Å². The number of nitrogen functional groups attached to an aromatic ring is 2. The molecule has 1 atom stereocenters. The van der Waals surface area contributed by atoms with Crippen molar-refractivity contribution in [3.8, 4) is 0 Å². The van der Waals surface area contributed by atoms with E-state index >= 15 is 0 Å². The highest BCUT2D eigenvalue weighted by atomic mass is 35.5. The van der Waals surface area contributed by atoms with Crippen LogP contribution < -0.4 is 22.1 Å². The van der Waals surface area contributed by atoms with Crippen molar-refractivity contribution < 1.29 is 0 Å². The lowest BCUT2D eigenvalue weighted by Gasteiger charge is -2.43. The van der Waals surface area contributed by atoms with Crippen LogP contribution in [0.4, 0.5) is 17.5 Å². The maximum atomic E-state index is 6.69. The van der Waals surface area contributed by atoms with Crippen molar-refractivity contribution in [1.82, 2.24) is 15.0 Å². The van der Waals surface area contributed by atoms with Gasteiger partial charge < -0.3 is 22.1 Å². The van der Waals surface area contributed by atoms with Gasteiger partial charge in [0.15, 0.2) is 5.82 Å². The summed E-state index contributed by atoms with van der Waals surface area (Å²) in [5.74, 6) is 2.25. The van der Waals surface area contributed by atoms with Gasteiger partial charge in [0, 0.05) is 30.2 Å². The number of hydrogen-bond donors (Lipinski definition) is 3. The van der Waals surface area contributed by atoms with Crippen molar-refractivity contribution in [2.45, 2.75) is 48.1 Å². The van der Waals surface area contributed by atoms with Crippen LogP contribution in [0, 0.1) is 11.3 Å². The molecule has 0 radical (unpaired) electrons. The van der Waals surface area contributed by atoms with E-state index in [0.717, 1.165) is 49.0 Å². The highest BCUT2D eigenvalue weighted by Gasteiger charge is 2.47. The summed E-state index contributed by atoms with van der Waals surface area (Å²) in [5, 5.41) is 1.01. The van der Waals surface area contributed by atoms with E-state index in [4.69, 9.17) is 28.8 Å². The van der Waals surface area contributed by atoms with Crippen molar-refractivity contribution in [3.63, 3.8) is 0 Å². The Morgan fingerprint density at radius 1 is 1.13 bits per heavy atom. The van der Waals surface area contributed by atoms with Gasteiger partial charge in [-0.3, -0.25) is 0 Å². The minimum absolute atomic E-state index is 0.222. The maximum Gasteiger partial charge on any atom is 0.158 e. The van der Waals surface area contributed by atoms with Gasteiger partial charge in [0.05, 0.1) is 11.2 Å². The van der Waals surface area contributed by atoms with E-state index in [1.54, 1.807) is 18.5 Å². The summed E-state index contributed by atoms with van der Waals surface area (Å²) in [7, 11) is 0. The summed E-state index contributed by atoms with van der Waals surface area (Å²) in [6.07, 6.45) is 11.7. The molecule has 0 amide bonds. The first-order valence-corrected chi connectivity index (χ1v) is 11.6. The molecule has 3 heterocycles. The van der Waals surface area contributed by atoms with Crippen LogP contribution in [-0.4, -0.2) is 34.1 Å². The number of halogens is 1. The number of piperidine rings is 1. The maximum absolute atomic E-state index is 6.69. The second-order valence-corrected chi connectivity index (χ2v) is 9.95. The third kappa shape index (κ3) is 3.50. The van der Waals surface area contributed by atoms with Gasteiger partial charge in [0.25, 0.3) is 0 Å². The summed E-state index contributed by atoms with van der Waals surface area (Å²) < 4.78 is 0. The van der Waals surface area contributed by atoms with Gasteiger partial charge in [-0.2, -0.15) is 0 Å². The van der Waals surface area contributed by atoms with E-state index in [1.165, 1.54) is 30.2 Å². The number of anilines is 3. The molecule has 6 N–H and O–H groups in total. The molecule has 2 fully saturated rings. The molecule has 0 aromatic carbocycles. The van der Waals surface area contributed by atoms with Crippen LogP contribution in [0.1, 0.15) is 32.1 Å². The average molecular weight is 444 g/mol. The third-order valence-electron chi connectivity index (χ3n) is 6.73. The predicted molar refractivity (Wildman–Crippen MR) is 122 cm³/mol. The largest absolute Gasteiger partial charge is 0.382 e. The summed E-state index contributed by atoms with van der Waals surface area (Å²) in [4.78, 5) is 16.2. The molecule has 1 unspecified atom stereocenters. The molecule has 158 valence electrons. The summed E-state index contributed by atoms with van der Waals surface area (Å²) in [6, 6.07) is 2.01. The monoisotopic (exact) mass is 443 g/mol.